The van der Waals surface area contributed by atoms with Crippen molar-refractivity contribution in [2.24, 2.45) is 7.05 Å². The van der Waals surface area contributed by atoms with Gasteiger partial charge in [-0.2, -0.15) is 5.26 Å². The fourth-order valence-corrected chi connectivity index (χ4v) is 4.40. The molecule has 0 saturated carbocycles. The molecule has 0 aliphatic heterocycles. The van der Waals surface area contributed by atoms with Gasteiger partial charge in [-0.25, -0.2) is 0 Å². The Morgan fingerprint density at radius 3 is 2.63 bits per heavy atom. The number of H-pyrrole nitrogens is 1. The number of aryl methyl sites for hydroxylation is 1. The van der Waals surface area contributed by atoms with Crippen LogP contribution in [0.3, 0.4) is 0 Å². The number of nitrogens with one attached hydrogen (secondary N) is 1. The van der Waals surface area contributed by atoms with Crippen LogP contribution in [0.4, 0.5) is 0 Å². The maximum absolute atomic E-state index is 12.2. The third-order valence-electron chi connectivity index (χ3n) is 5.60. The second-order valence-electron chi connectivity index (χ2n) is 7.02. The summed E-state index contributed by atoms with van der Waals surface area (Å²) in [5.74, 6) is 0.156. The highest BCUT2D eigenvalue weighted by Crippen LogP contribution is 2.46. The van der Waals surface area contributed by atoms with Crippen molar-refractivity contribution in [2.45, 2.75) is 12.3 Å². The van der Waals surface area contributed by atoms with Crippen LogP contribution in [0.1, 0.15) is 28.3 Å². The van der Waals surface area contributed by atoms with E-state index in [9.17, 15) is 10.1 Å². The van der Waals surface area contributed by atoms with Gasteiger partial charge in [0, 0.05) is 35.1 Å². The van der Waals surface area contributed by atoms with Crippen LogP contribution in [-0.4, -0.2) is 9.55 Å². The third-order valence-corrected chi connectivity index (χ3v) is 5.60. The molecule has 0 bridgehead atoms. The Morgan fingerprint density at radius 1 is 1.11 bits per heavy atom. The van der Waals surface area contributed by atoms with Gasteiger partial charge < -0.3 is 9.55 Å². The van der Waals surface area contributed by atoms with Crippen LogP contribution in [0.5, 0.6) is 0 Å². The smallest absolute Gasteiger partial charge is 0.266 e. The van der Waals surface area contributed by atoms with Crippen molar-refractivity contribution in [1.29, 1.82) is 5.26 Å². The van der Waals surface area contributed by atoms with Crippen molar-refractivity contribution in [2.75, 3.05) is 0 Å². The Morgan fingerprint density at radius 2 is 1.85 bits per heavy atom. The molecule has 27 heavy (non-hydrogen) atoms. The molecule has 0 radical (unpaired) electrons. The van der Waals surface area contributed by atoms with E-state index in [0.29, 0.717) is 6.42 Å². The number of nitrogens with zero attached hydrogens (tertiary/aromatic N) is 2. The number of aromatic amines is 1. The van der Waals surface area contributed by atoms with Crippen molar-refractivity contribution < 1.29 is 0 Å². The molecule has 0 amide bonds. The number of fused-ring (bicyclic) bond motifs is 5. The molecule has 2 heterocycles. The highest BCUT2D eigenvalue weighted by atomic mass is 16.1. The number of benzene rings is 2. The predicted molar refractivity (Wildman–Crippen MR) is 106 cm³/mol. The number of nitriles is 1. The lowest BCUT2D eigenvalue weighted by atomic mass is 9.79. The lowest BCUT2D eigenvalue weighted by Gasteiger charge is -2.26. The van der Waals surface area contributed by atoms with Crippen LogP contribution in [0.15, 0.2) is 65.5 Å². The Balaban J connectivity index is 1.91. The Kier molecular flexibility index (Phi) is 3.32. The van der Waals surface area contributed by atoms with Crippen LogP contribution in [0.25, 0.3) is 22.2 Å². The highest BCUT2D eigenvalue weighted by Gasteiger charge is 2.32. The Bertz CT molecular complexity index is 1290. The maximum Gasteiger partial charge on any atom is 0.266 e. The molecule has 1 unspecified atom stereocenters. The van der Waals surface area contributed by atoms with E-state index in [2.05, 4.69) is 59.1 Å². The second-order valence-corrected chi connectivity index (χ2v) is 7.02. The van der Waals surface area contributed by atoms with Gasteiger partial charge in [-0.1, -0.05) is 48.5 Å². The van der Waals surface area contributed by atoms with E-state index in [1.165, 1.54) is 16.5 Å². The van der Waals surface area contributed by atoms with Crippen molar-refractivity contribution in [3.8, 4) is 17.3 Å². The molecule has 2 aromatic carbocycles. The molecule has 130 valence electrons. The van der Waals surface area contributed by atoms with Gasteiger partial charge in [-0.3, -0.25) is 4.79 Å². The molecule has 4 nitrogen and oxygen atoms in total. The standard InChI is InChI=1S/C23H17N3O/c1-26-20-10-6-5-9-16(20)21-17(14-7-3-2-4-8-14)12-19-18(22(21)26)11-15(13-24)23(27)25-19/h2-11,17H,12H2,1H3,(H,25,27). The van der Waals surface area contributed by atoms with Crippen molar-refractivity contribution in [1.82, 2.24) is 9.55 Å². The van der Waals surface area contributed by atoms with Gasteiger partial charge in [0.1, 0.15) is 11.6 Å². The average molecular weight is 351 g/mol. The van der Waals surface area contributed by atoms with Crippen LogP contribution in [0.2, 0.25) is 0 Å². The summed E-state index contributed by atoms with van der Waals surface area (Å²) in [5, 5.41) is 10.6. The lowest BCUT2D eigenvalue weighted by molar-refractivity contribution is 0.761. The molecular formula is C23H17N3O. The fraction of sp³-hybridized carbons (Fsp3) is 0.130. The van der Waals surface area contributed by atoms with Gasteiger partial charge in [0.05, 0.1) is 5.69 Å². The van der Waals surface area contributed by atoms with Crippen molar-refractivity contribution >= 4 is 10.9 Å². The summed E-state index contributed by atoms with van der Waals surface area (Å²) in [7, 11) is 2.05. The molecule has 2 aromatic heterocycles. The summed E-state index contributed by atoms with van der Waals surface area (Å²) in [6, 6.07) is 22.6. The molecule has 1 aliphatic rings. The van der Waals surface area contributed by atoms with Crippen LogP contribution in [-0.2, 0) is 13.5 Å². The van der Waals surface area contributed by atoms with E-state index in [1.807, 2.05) is 18.2 Å². The van der Waals surface area contributed by atoms with Crippen LogP contribution >= 0.6 is 0 Å². The average Bonchev–Trinajstić information content (AvgIpc) is 3.01. The Labute approximate surface area is 156 Å². The first-order valence-corrected chi connectivity index (χ1v) is 8.98. The summed E-state index contributed by atoms with van der Waals surface area (Å²) >= 11 is 0. The predicted octanol–water partition coefficient (Wildman–Crippen LogP) is 4.09. The molecule has 1 aliphatic carbocycles. The number of pyridine rings is 1. The zero-order valence-corrected chi connectivity index (χ0v) is 14.9. The maximum atomic E-state index is 12.2. The van der Waals surface area contributed by atoms with Gasteiger partial charge in [-0.05, 0) is 29.7 Å². The minimum absolute atomic E-state index is 0.156. The van der Waals surface area contributed by atoms with E-state index in [0.717, 1.165) is 22.5 Å². The van der Waals surface area contributed by atoms with Gasteiger partial charge in [0.25, 0.3) is 5.56 Å². The topological polar surface area (TPSA) is 61.6 Å². The highest BCUT2D eigenvalue weighted by molar-refractivity contribution is 5.94. The summed E-state index contributed by atoms with van der Waals surface area (Å²) in [5.41, 5.74) is 6.42. The molecule has 5 rings (SSSR count). The normalized spacial score (nSPS) is 15.2. The van der Waals surface area contributed by atoms with E-state index >= 15 is 0 Å². The zero-order valence-electron chi connectivity index (χ0n) is 14.9. The molecule has 4 aromatic rings. The summed E-state index contributed by atoms with van der Waals surface area (Å²) in [4.78, 5) is 15.2. The van der Waals surface area contributed by atoms with E-state index in [-0.39, 0.29) is 17.0 Å². The number of para-hydroxylation sites is 1. The largest absolute Gasteiger partial charge is 0.343 e. The minimum atomic E-state index is -0.315. The number of hydrogen-bond donors (Lipinski definition) is 1. The van der Waals surface area contributed by atoms with Gasteiger partial charge in [-0.15, -0.1) is 0 Å². The number of hydrogen-bond acceptors (Lipinski definition) is 2. The number of rotatable bonds is 1. The van der Waals surface area contributed by atoms with Crippen LogP contribution in [0, 0.1) is 11.3 Å². The van der Waals surface area contributed by atoms with E-state index in [1.54, 1.807) is 6.07 Å². The molecular weight excluding hydrogens is 334 g/mol. The first-order valence-electron chi connectivity index (χ1n) is 8.98. The quantitative estimate of drug-likeness (QED) is 0.561. The molecule has 1 N–H and O–H groups in total. The molecule has 0 fully saturated rings. The fourth-order valence-electron chi connectivity index (χ4n) is 4.40. The first-order chi connectivity index (χ1) is 13.2. The van der Waals surface area contributed by atoms with Crippen molar-refractivity contribution in [3.05, 3.63) is 93.4 Å². The van der Waals surface area contributed by atoms with Gasteiger partial charge in [0.15, 0.2) is 0 Å². The van der Waals surface area contributed by atoms with Gasteiger partial charge in [0.2, 0.25) is 0 Å². The molecule has 0 saturated heterocycles. The van der Waals surface area contributed by atoms with E-state index < -0.39 is 0 Å². The monoisotopic (exact) mass is 351 g/mol. The Hall–Kier alpha value is -3.58. The molecule has 0 spiro atoms. The third kappa shape index (κ3) is 2.18. The van der Waals surface area contributed by atoms with Crippen LogP contribution < -0.4 is 5.56 Å². The molecule has 1 atom stereocenters. The second kappa shape index (κ2) is 5.72. The van der Waals surface area contributed by atoms with E-state index in [4.69, 9.17) is 0 Å². The first kappa shape index (κ1) is 15.7. The van der Waals surface area contributed by atoms with Gasteiger partial charge >= 0.3 is 0 Å². The summed E-state index contributed by atoms with van der Waals surface area (Å²) < 4.78 is 2.18. The zero-order chi connectivity index (χ0) is 18.5. The van der Waals surface area contributed by atoms with Crippen molar-refractivity contribution in [3.63, 3.8) is 0 Å². The number of aromatic nitrogens is 2. The minimum Gasteiger partial charge on any atom is -0.343 e. The lowest BCUT2D eigenvalue weighted by Crippen LogP contribution is -2.20. The SMILES string of the molecule is Cn1c2c(c3ccccc31)C(c1ccccc1)Cc1[nH]c(=O)c(C#N)cc1-2. The summed E-state index contributed by atoms with van der Waals surface area (Å²) in [6.07, 6.45) is 0.710. The summed E-state index contributed by atoms with van der Waals surface area (Å²) in [6.45, 7) is 0. The molecule has 4 heteroatoms.